The average Bonchev–Trinajstić information content (AvgIpc) is 2.92. The number of hydrogen-bond donors (Lipinski definition) is 3. The van der Waals surface area contributed by atoms with Crippen molar-refractivity contribution in [3.05, 3.63) is 30.0 Å². The molecule has 0 bridgehead atoms. The van der Waals surface area contributed by atoms with Crippen LogP contribution in [0, 0.1) is 0 Å². The smallest absolute Gasteiger partial charge is 0.408 e. The minimum absolute atomic E-state index is 0.131. The van der Waals surface area contributed by atoms with Gasteiger partial charge in [0.2, 0.25) is 0 Å². The normalized spacial score (nSPS) is 12.6. The lowest BCUT2D eigenvalue weighted by molar-refractivity contribution is -0.139. The molecular formula is C19H26N2O5. The summed E-state index contributed by atoms with van der Waals surface area (Å²) in [5, 5.41) is 12.7. The van der Waals surface area contributed by atoms with Crippen molar-refractivity contribution in [1.29, 1.82) is 0 Å². The number of carbonyl (C=O) groups is 2. The third-order valence-electron chi connectivity index (χ3n) is 3.62. The van der Waals surface area contributed by atoms with Crippen LogP contribution in [-0.4, -0.2) is 40.4 Å². The number of carbonyl (C=O) groups excluding carboxylic acids is 1. The van der Waals surface area contributed by atoms with Crippen LogP contribution < -0.4 is 10.1 Å². The maximum atomic E-state index is 11.9. The Labute approximate surface area is 152 Å². The highest BCUT2D eigenvalue weighted by atomic mass is 16.6. The molecule has 0 fully saturated rings. The number of alkyl carbamates (subject to hydrolysis) is 1. The molecule has 0 aliphatic heterocycles. The van der Waals surface area contributed by atoms with E-state index in [0.717, 1.165) is 28.6 Å². The first-order chi connectivity index (χ1) is 12.2. The van der Waals surface area contributed by atoms with Gasteiger partial charge in [0.1, 0.15) is 17.4 Å². The Hall–Kier alpha value is -2.70. The molecule has 2 rings (SSSR count). The number of benzene rings is 1. The van der Waals surface area contributed by atoms with Crippen molar-refractivity contribution in [3.8, 4) is 5.75 Å². The third-order valence-corrected chi connectivity index (χ3v) is 3.62. The average molecular weight is 362 g/mol. The number of aromatic amines is 1. The van der Waals surface area contributed by atoms with Gasteiger partial charge in [0, 0.05) is 23.5 Å². The van der Waals surface area contributed by atoms with E-state index in [9.17, 15) is 14.7 Å². The fourth-order valence-corrected chi connectivity index (χ4v) is 2.51. The highest BCUT2D eigenvalue weighted by Crippen LogP contribution is 2.25. The van der Waals surface area contributed by atoms with Crippen LogP contribution in [0.25, 0.3) is 10.9 Å². The summed E-state index contributed by atoms with van der Waals surface area (Å²) in [4.78, 5) is 26.6. The van der Waals surface area contributed by atoms with Gasteiger partial charge in [-0.3, -0.25) is 0 Å². The van der Waals surface area contributed by atoms with E-state index in [1.165, 1.54) is 0 Å². The number of carboxylic acid groups (broad SMARTS) is 1. The molecule has 3 N–H and O–H groups in total. The number of H-pyrrole nitrogens is 1. The second-order valence-corrected chi connectivity index (χ2v) is 7.11. The molecule has 7 nitrogen and oxygen atoms in total. The second kappa shape index (κ2) is 8.12. The first-order valence-electron chi connectivity index (χ1n) is 8.64. The monoisotopic (exact) mass is 362 g/mol. The molecule has 0 radical (unpaired) electrons. The van der Waals surface area contributed by atoms with E-state index in [-0.39, 0.29) is 6.42 Å². The van der Waals surface area contributed by atoms with E-state index in [1.807, 2.05) is 25.1 Å². The predicted molar refractivity (Wildman–Crippen MR) is 98.6 cm³/mol. The van der Waals surface area contributed by atoms with Gasteiger partial charge in [0.15, 0.2) is 0 Å². The number of nitrogens with one attached hydrogen (secondary N) is 2. The van der Waals surface area contributed by atoms with Crippen LogP contribution in [0.2, 0.25) is 0 Å². The third kappa shape index (κ3) is 5.40. The molecule has 1 unspecified atom stereocenters. The van der Waals surface area contributed by atoms with E-state index >= 15 is 0 Å². The Balaban J connectivity index is 2.17. The molecule has 0 saturated heterocycles. The Morgan fingerprint density at radius 3 is 2.65 bits per heavy atom. The van der Waals surface area contributed by atoms with Crippen molar-refractivity contribution in [1.82, 2.24) is 10.3 Å². The Morgan fingerprint density at radius 1 is 1.31 bits per heavy atom. The lowest BCUT2D eigenvalue weighted by Crippen LogP contribution is -2.44. The number of aromatic nitrogens is 1. The zero-order chi connectivity index (χ0) is 19.3. The van der Waals surface area contributed by atoms with E-state index in [1.54, 1.807) is 27.0 Å². The standard InChI is InChI=1S/C19H26N2O5/c1-5-8-25-13-6-7-15-14(10-13)12(11-20-15)9-16(17(22)23)21-18(24)26-19(2,3)4/h6-7,10-11,16,20H,5,8-9H2,1-4H3,(H,21,24)(H,22,23). The van der Waals surface area contributed by atoms with E-state index in [2.05, 4.69) is 10.3 Å². The van der Waals surface area contributed by atoms with Crippen molar-refractivity contribution in [2.45, 2.75) is 52.2 Å². The maximum absolute atomic E-state index is 11.9. The van der Waals surface area contributed by atoms with Crippen molar-refractivity contribution < 1.29 is 24.2 Å². The van der Waals surface area contributed by atoms with E-state index in [0.29, 0.717) is 6.61 Å². The van der Waals surface area contributed by atoms with Gasteiger partial charge in [0.05, 0.1) is 6.61 Å². The first kappa shape index (κ1) is 19.6. The maximum Gasteiger partial charge on any atom is 0.408 e. The van der Waals surface area contributed by atoms with Crippen LogP contribution in [-0.2, 0) is 16.0 Å². The quantitative estimate of drug-likeness (QED) is 0.700. The van der Waals surface area contributed by atoms with Crippen LogP contribution in [0.3, 0.4) is 0 Å². The summed E-state index contributed by atoms with van der Waals surface area (Å²) in [7, 11) is 0. The molecule has 7 heteroatoms. The lowest BCUT2D eigenvalue weighted by Gasteiger charge is -2.22. The van der Waals surface area contributed by atoms with Gasteiger partial charge in [-0.25, -0.2) is 9.59 Å². The minimum atomic E-state index is -1.12. The number of ether oxygens (including phenoxy) is 2. The SMILES string of the molecule is CCCOc1ccc2[nH]cc(CC(NC(=O)OC(C)(C)C)C(=O)O)c2c1. The van der Waals surface area contributed by atoms with Crippen molar-refractivity contribution in [2.24, 2.45) is 0 Å². The molecule has 1 heterocycles. The van der Waals surface area contributed by atoms with Gasteiger partial charge in [-0.15, -0.1) is 0 Å². The summed E-state index contributed by atoms with van der Waals surface area (Å²) >= 11 is 0. The summed E-state index contributed by atoms with van der Waals surface area (Å²) < 4.78 is 10.8. The highest BCUT2D eigenvalue weighted by molar-refractivity contribution is 5.86. The Kier molecular flexibility index (Phi) is 6.13. The fraction of sp³-hybridized carbons (Fsp3) is 0.474. The summed E-state index contributed by atoms with van der Waals surface area (Å²) in [5.41, 5.74) is 0.968. The van der Waals surface area contributed by atoms with Gasteiger partial charge in [-0.05, 0) is 51.0 Å². The number of fused-ring (bicyclic) bond motifs is 1. The molecular weight excluding hydrogens is 336 g/mol. The topological polar surface area (TPSA) is 101 Å². The molecule has 0 aliphatic rings. The predicted octanol–water partition coefficient (Wildman–Crippen LogP) is 3.48. The number of hydrogen-bond acceptors (Lipinski definition) is 4. The van der Waals surface area contributed by atoms with Gasteiger partial charge < -0.3 is 24.9 Å². The van der Waals surface area contributed by atoms with Crippen LogP contribution in [0.5, 0.6) is 5.75 Å². The first-order valence-corrected chi connectivity index (χ1v) is 8.64. The summed E-state index contributed by atoms with van der Waals surface area (Å²) in [6, 6.07) is 4.54. The summed E-state index contributed by atoms with van der Waals surface area (Å²) in [6.07, 6.45) is 2.03. The fourth-order valence-electron chi connectivity index (χ4n) is 2.51. The van der Waals surface area contributed by atoms with E-state index in [4.69, 9.17) is 9.47 Å². The molecule has 1 aromatic carbocycles. The summed E-state index contributed by atoms with van der Waals surface area (Å²) in [6.45, 7) is 7.81. The van der Waals surface area contributed by atoms with Crippen LogP contribution in [0.4, 0.5) is 4.79 Å². The highest BCUT2D eigenvalue weighted by Gasteiger charge is 2.25. The zero-order valence-electron chi connectivity index (χ0n) is 15.6. The molecule has 1 amide bonds. The Bertz CT molecular complexity index is 776. The van der Waals surface area contributed by atoms with Gasteiger partial charge >= 0.3 is 12.1 Å². The molecule has 0 spiro atoms. The van der Waals surface area contributed by atoms with Gasteiger partial charge in [-0.1, -0.05) is 6.92 Å². The molecule has 26 heavy (non-hydrogen) atoms. The number of carboxylic acids is 1. The number of amides is 1. The largest absolute Gasteiger partial charge is 0.494 e. The van der Waals surface area contributed by atoms with Gasteiger partial charge in [0.25, 0.3) is 0 Å². The number of aliphatic carboxylic acids is 1. The molecule has 0 saturated carbocycles. The van der Waals surface area contributed by atoms with E-state index < -0.39 is 23.7 Å². The minimum Gasteiger partial charge on any atom is -0.494 e. The van der Waals surface area contributed by atoms with Crippen molar-refractivity contribution in [3.63, 3.8) is 0 Å². The van der Waals surface area contributed by atoms with Crippen LogP contribution >= 0.6 is 0 Å². The molecule has 142 valence electrons. The Morgan fingerprint density at radius 2 is 2.04 bits per heavy atom. The number of rotatable bonds is 7. The second-order valence-electron chi connectivity index (χ2n) is 7.11. The molecule has 1 atom stereocenters. The molecule has 1 aromatic heterocycles. The lowest BCUT2D eigenvalue weighted by atomic mass is 10.0. The van der Waals surface area contributed by atoms with Crippen molar-refractivity contribution in [2.75, 3.05) is 6.61 Å². The summed E-state index contributed by atoms with van der Waals surface area (Å²) in [5.74, 6) is -0.393. The van der Waals surface area contributed by atoms with Crippen LogP contribution in [0.1, 0.15) is 39.7 Å². The zero-order valence-corrected chi connectivity index (χ0v) is 15.6. The molecule has 0 aliphatic carbocycles. The van der Waals surface area contributed by atoms with Crippen LogP contribution in [0.15, 0.2) is 24.4 Å². The van der Waals surface area contributed by atoms with Gasteiger partial charge in [-0.2, -0.15) is 0 Å². The molecule has 2 aromatic rings. The van der Waals surface area contributed by atoms with Crippen molar-refractivity contribution >= 4 is 23.0 Å².